The molecule has 0 radical (unpaired) electrons. The normalized spacial score (nSPS) is 15.5. The van der Waals surface area contributed by atoms with E-state index < -0.39 is 6.10 Å². The summed E-state index contributed by atoms with van der Waals surface area (Å²) in [4.78, 5) is 10.8. The van der Waals surface area contributed by atoms with Crippen LogP contribution in [0.15, 0.2) is 30.6 Å². The number of aliphatic hydroxyl groups is 1. The first-order valence-electron chi connectivity index (χ1n) is 8.71. The number of nitrogens with zero attached hydrogens (tertiary/aromatic N) is 3. The second-order valence-corrected chi connectivity index (χ2v) is 6.30. The summed E-state index contributed by atoms with van der Waals surface area (Å²) in [7, 11) is 0. The number of aryl methyl sites for hydroxylation is 1. The van der Waals surface area contributed by atoms with Crippen LogP contribution < -0.4 is 9.47 Å². The Bertz CT molecular complexity index is 708. The first-order valence-corrected chi connectivity index (χ1v) is 8.71. The molecule has 134 valence electrons. The molecule has 1 atom stereocenters. The van der Waals surface area contributed by atoms with Crippen molar-refractivity contribution >= 4 is 0 Å². The highest BCUT2D eigenvalue weighted by Crippen LogP contribution is 2.24. The van der Waals surface area contributed by atoms with E-state index in [1.165, 1.54) is 0 Å². The van der Waals surface area contributed by atoms with Gasteiger partial charge in [-0.05, 0) is 31.5 Å². The standard InChI is InChI=1S/C19H25N3O3/c1-3-24-19-17-11-22(8-7-18(17)20-13-21-19)10-15(23)12-25-16-6-4-5-14(2)9-16/h4-6,9,13,15,23H,3,7-8,10-12H2,1-2H3/t15-/m0/s1. The van der Waals surface area contributed by atoms with Crippen LogP contribution in [-0.2, 0) is 13.0 Å². The van der Waals surface area contributed by atoms with E-state index in [9.17, 15) is 5.11 Å². The molecule has 0 aliphatic carbocycles. The SMILES string of the molecule is CCOc1ncnc2c1CN(C[C@H](O)COc1cccc(C)c1)CC2. The van der Waals surface area contributed by atoms with Gasteiger partial charge in [-0.25, -0.2) is 9.97 Å². The number of hydrogen-bond donors (Lipinski definition) is 1. The predicted octanol–water partition coefficient (Wildman–Crippen LogP) is 1.98. The maximum Gasteiger partial charge on any atom is 0.221 e. The smallest absolute Gasteiger partial charge is 0.221 e. The average Bonchev–Trinajstić information content (AvgIpc) is 2.61. The number of ether oxygens (including phenoxy) is 2. The van der Waals surface area contributed by atoms with E-state index >= 15 is 0 Å². The number of rotatable bonds is 7. The van der Waals surface area contributed by atoms with Crippen molar-refractivity contribution in [2.75, 3.05) is 26.3 Å². The Hall–Kier alpha value is -2.18. The zero-order valence-electron chi connectivity index (χ0n) is 14.8. The molecule has 0 spiro atoms. The Morgan fingerprint density at radius 3 is 2.96 bits per heavy atom. The second-order valence-electron chi connectivity index (χ2n) is 6.30. The van der Waals surface area contributed by atoms with Crippen LogP contribution >= 0.6 is 0 Å². The number of β-amino-alcohol motifs (C(OH)–C–C–N with tert-alkyl or cyclic N) is 1. The fourth-order valence-electron chi connectivity index (χ4n) is 3.04. The largest absolute Gasteiger partial charge is 0.491 e. The number of fused-ring (bicyclic) bond motifs is 1. The van der Waals surface area contributed by atoms with E-state index in [1.807, 2.05) is 38.1 Å². The molecule has 0 amide bonds. The number of hydrogen-bond acceptors (Lipinski definition) is 6. The molecule has 6 nitrogen and oxygen atoms in total. The summed E-state index contributed by atoms with van der Waals surface area (Å²) in [5.41, 5.74) is 3.21. The third-order valence-corrected chi connectivity index (χ3v) is 4.22. The Balaban J connectivity index is 1.55. The number of aromatic nitrogens is 2. The van der Waals surface area contributed by atoms with E-state index in [0.29, 0.717) is 25.6 Å². The molecule has 2 aromatic rings. The molecule has 6 heteroatoms. The van der Waals surface area contributed by atoms with E-state index in [-0.39, 0.29) is 6.61 Å². The summed E-state index contributed by atoms with van der Waals surface area (Å²) in [6.45, 7) is 6.91. The third kappa shape index (κ3) is 4.67. The molecule has 0 saturated carbocycles. The highest BCUT2D eigenvalue weighted by atomic mass is 16.5. The summed E-state index contributed by atoms with van der Waals surface area (Å²) in [5.74, 6) is 1.44. The van der Waals surface area contributed by atoms with E-state index in [1.54, 1.807) is 6.33 Å². The molecular formula is C19H25N3O3. The fourth-order valence-corrected chi connectivity index (χ4v) is 3.04. The van der Waals surface area contributed by atoms with Gasteiger partial charge in [0, 0.05) is 31.6 Å². The molecule has 3 rings (SSSR count). The molecular weight excluding hydrogens is 318 g/mol. The summed E-state index contributed by atoms with van der Waals surface area (Å²) >= 11 is 0. The van der Waals surface area contributed by atoms with Gasteiger partial charge in [-0.15, -0.1) is 0 Å². The molecule has 1 aliphatic rings. The Morgan fingerprint density at radius 2 is 2.16 bits per heavy atom. The van der Waals surface area contributed by atoms with Crippen LogP contribution in [0.1, 0.15) is 23.7 Å². The lowest BCUT2D eigenvalue weighted by Crippen LogP contribution is -2.39. The van der Waals surface area contributed by atoms with Gasteiger partial charge in [0.15, 0.2) is 0 Å². The maximum atomic E-state index is 10.3. The Morgan fingerprint density at radius 1 is 1.28 bits per heavy atom. The number of benzene rings is 1. The van der Waals surface area contributed by atoms with Gasteiger partial charge in [-0.2, -0.15) is 0 Å². The first-order chi connectivity index (χ1) is 12.2. The van der Waals surface area contributed by atoms with E-state index in [4.69, 9.17) is 9.47 Å². The van der Waals surface area contributed by atoms with Gasteiger partial charge in [0.2, 0.25) is 5.88 Å². The molecule has 0 unspecified atom stereocenters. The van der Waals surface area contributed by atoms with Crippen LogP contribution in [0, 0.1) is 6.92 Å². The predicted molar refractivity (Wildman–Crippen MR) is 94.9 cm³/mol. The first kappa shape index (κ1) is 17.6. The van der Waals surface area contributed by atoms with Gasteiger partial charge in [0.25, 0.3) is 0 Å². The van der Waals surface area contributed by atoms with Crippen LogP contribution in [0.4, 0.5) is 0 Å². The minimum absolute atomic E-state index is 0.274. The maximum absolute atomic E-state index is 10.3. The molecule has 1 aromatic heterocycles. The Kier molecular flexibility index (Phi) is 5.83. The molecule has 0 bridgehead atoms. The quantitative estimate of drug-likeness (QED) is 0.829. The molecule has 0 fully saturated rings. The van der Waals surface area contributed by atoms with Crippen molar-refractivity contribution in [1.82, 2.24) is 14.9 Å². The zero-order valence-corrected chi connectivity index (χ0v) is 14.8. The summed E-state index contributed by atoms with van der Waals surface area (Å²) in [6, 6.07) is 7.85. The molecule has 1 aromatic carbocycles. The van der Waals surface area contributed by atoms with Crippen molar-refractivity contribution in [3.8, 4) is 11.6 Å². The highest BCUT2D eigenvalue weighted by molar-refractivity contribution is 5.31. The van der Waals surface area contributed by atoms with Gasteiger partial charge >= 0.3 is 0 Å². The monoisotopic (exact) mass is 343 g/mol. The zero-order chi connectivity index (χ0) is 17.6. The van der Waals surface area contributed by atoms with Gasteiger partial charge in [-0.1, -0.05) is 12.1 Å². The lowest BCUT2D eigenvalue weighted by atomic mass is 10.1. The minimum atomic E-state index is -0.553. The van der Waals surface area contributed by atoms with Gasteiger partial charge in [0.1, 0.15) is 24.8 Å². The minimum Gasteiger partial charge on any atom is -0.491 e. The van der Waals surface area contributed by atoms with Crippen molar-refractivity contribution in [3.05, 3.63) is 47.4 Å². The van der Waals surface area contributed by atoms with Crippen LogP contribution in [-0.4, -0.2) is 52.4 Å². The van der Waals surface area contributed by atoms with Crippen LogP contribution in [0.5, 0.6) is 11.6 Å². The van der Waals surface area contributed by atoms with Crippen molar-refractivity contribution in [2.45, 2.75) is 32.9 Å². The fraction of sp³-hybridized carbons (Fsp3) is 0.474. The third-order valence-electron chi connectivity index (χ3n) is 4.22. The van der Waals surface area contributed by atoms with Crippen molar-refractivity contribution in [2.24, 2.45) is 0 Å². The summed E-state index contributed by atoms with van der Waals surface area (Å²) < 4.78 is 11.3. The van der Waals surface area contributed by atoms with Gasteiger partial charge in [-0.3, -0.25) is 4.90 Å². The van der Waals surface area contributed by atoms with Crippen LogP contribution in [0.25, 0.3) is 0 Å². The van der Waals surface area contributed by atoms with Gasteiger partial charge in [0.05, 0.1) is 12.3 Å². The second kappa shape index (κ2) is 8.27. The van der Waals surface area contributed by atoms with Crippen molar-refractivity contribution < 1.29 is 14.6 Å². The molecule has 0 saturated heterocycles. The highest BCUT2D eigenvalue weighted by Gasteiger charge is 2.23. The number of aliphatic hydroxyl groups excluding tert-OH is 1. The van der Waals surface area contributed by atoms with E-state index in [2.05, 4.69) is 14.9 Å². The van der Waals surface area contributed by atoms with Gasteiger partial charge < -0.3 is 14.6 Å². The van der Waals surface area contributed by atoms with Crippen molar-refractivity contribution in [1.29, 1.82) is 0 Å². The average molecular weight is 343 g/mol. The van der Waals surface area contributed by atoms with Crippen LogP contribution in [0.2, 0.25) is 0 Å². The Labute approximate surface area is 148 Å². The van der Waals surface area contributed by atoms with Crippen molar-refractivity contribution in [3.63, 3.8) is 0 Å². The lowest BCUT2D eigenvalue weighted by Gasteiger charge is -2.30. The molecule has 1 N–H and O–H groups in total. The topological polar surface area (TPSA) is 67.7 Å². The molecule has 1 aliphatic heterocycles. The van der Waals surface area contributed by atoms with Crippen LogP contribution in [0.3, 0.4) is 0 Å². The summed E-state index contributed by atoms with van der Waals surface area (Å²) in [6.07, 6.45) is 1.84. The van der Waals surface area contributed by atoms with E-state index in [0.717, 1.165) is 35.5 Å². The molecule has 25 heavy (non-hydrogen) atoms. The summed E-state index contributed by atoms with van der Waals surface area (Å²) in [5, 5.41) is 10.3. The lowest BCUT2D eigenvalue weighted by molar-refractivity contribution is 0.0629. The molecule has 2 heterocycles.